The summed E-state index contributed by atoms with van der Waals surface area (Å²) in [6.07, 6.45) is 6.02. The van der Waals surface area contributed by atoms with Crippen LogP contribution in [0.1, 0.15) is 36.0 Å². The largest absolute Gasteiger partial charge is 0.464 e. The zero-order chi connectivity index (χ0) is 16.2. The van der Waals surface area contributed by atoms with E-state index in [1.807, 2.05) is 6.07 Å². The van der Waals surface area contributed by atoms with Gasteiger partial charge in [-0.2, -0.15) is 0 Å². The van der Waals surface area contributed by atoms with Crippen molar-refractivity contribution in [2.24, 2.45) is 0 Å². The van der Waals surface area contributed by atoms with Gasteiger partial charge in [0.1, 0.15) is 5.58 Å². The number of likely N-dealkylation sites (tertiary alicyclic amines) is 1. The second kappa shape index (κ2) is 7.18. The summed E-state index contributed by atoms with van der Waals surface area (Å²) in [5.41, 5.74) is 4.21. The summed E-state index contributed by atoms with van der Waals surface area (Å²) < 4.78 is 5.62. The lowest BCUT2D eigenvalue weighted by Crippen LogP contribution is -2.38. The van der Waals surface area contributed by atoms with Gasteiger partial charge in [0.15, 0.2) is 0 Å². The van der Waals surface area contributed by atoms with E-state index in [1.54, 1.807) is 6.26 Å². The van der Waals surface area contributed by atoms with Crippen LogP contribution in [0.25, 0.3) is 11.0 Å². The average Bonchev–Trinajstić information content (AvgIpc) is 2.91. The summed E-state index contributed by atoms with van der Waals surface area (Å²) in [6.45, 7) is 8.15. The van der Waals surface area contributed by atoms with Crippen molar-refractivity contribution in [3.8, 4) is 0 Å². The number of nitrogens with zero attached hydrogens (tertiary/aromatic N) is 1. The summed E-state index contributed by atoms with van der Waals surface area (Å²) >= 11 is 0. The molecule has 4 nitrogen and oxygen atoms in total. The Morgan fingerprint density at radius 3 is 2.78 bits per heavy atom. The zero-order valence-electron chi connectivity index (χ0n) is 14.2. The molecule has 0 saturated carbocycles. The molecule has 1 amide bonds. The molecule has 23 heavy (non-hydrogen) atoms. The van der Waals surface area contributed by atoms with Crippen molar-refractivity contribution in [2.45, 2.75) is 39.5 Å². The molecule has 0 unspecified atom stereocenters. The minimum atomic E-state index is 0.0738. The number of amides is 1. The number of aryl methyl sites for hydroxylation is 2. The predicted molar refractivity (Wildman–Crippen MR) is 92.7 cm³/mol. The molecule has 1 fully saturated rings. The van der Waals surface area contributed by atoms with Gasteiger partial charge in [-0.3, -0.25) is 4.79 Å². The van der Waals surface area contributed by atoms with Gasteiger partial charge in [0, 0.05) is 24.0 Å². The second-order valence-electron chi connectivity index (χ2n) is 6.64. The van der Waals surface area contributed by atoms with Crippen molar-refractivity contribution in [3.05, 3.63) is 35.1 Å². The van der Waals surface area contributed by atoms with E-state index in [-0.39, 0.29) is 5.91 Å². The van der Waals surface area contributed by atoms with Crippen LogP contribution < -0.4 is 5.32 Å². The molecule has 3 rings (SSSR count). The van der Waals surface area contributed by atoms with Gasteiger partial charge < -0.3 is 14.6 Å². The highest BCUT2D eigenvalue weighted by Crippen LogP contribution is 2.26. The van der Waals surface area contributed by atoms with Gasteiger partial charge in [-0.1, -0.05) is 12.5 Å². The minimum absolute atomic E-state index is 0.0738. The van der Waals surface area contributed by atoms with Gasteiger partial charge in [0.25, 0.3) is 0 Å². The van der Waals surface area contributed by atoms with E-state index >= 15 is 0 Å². The van der Waals surface area contributed by atoms with Gasteiger partial charge in [0.05, 0.1) is 12.7 Å². The van der Waals surface area contributed by atoms with Crippen LogP contribution in [0, 0.1) is 13.8 Å². The van der Waals surface area contributed by atoms with Gasteiger partial charge >= 0.3 is 0 Å². The summed E-state index contributed by atoms with van der Waals surface area (Å²) in [4.78, 5) is 14.6. The van der Waals surface area contributed by atoms with Crippen molar-refractivity contribution in [2.75, 3.05) is 26.2 Å². The minimum Gasteiger partial charge on any atom is -0.464 e. The molecular weight excluding hydrogens is 288 g/mol. The maximum Gasteiger partial charge on any atom is 0.224 e. The molecule has 2 aromatic rings. The van der Waals surface area contributed by atoms with E-state index in [9.17, 15) is 4.79 Å². The first kappa shape index (κ1) is 16.1. The lowest BCUT2D eigenvalue weighted by molar-refractivity contribution is -0.120. The number of furan rings is 1. The quantitative estimate of drug-likeness (QED) is 0.922. The third-order valence-electron chi connectivity index (χ3n) is 4.64. The molecule has 1 aliphatic heterocycles. The molecule has 2 heterocycles. The van der Waals surface area contributed by atoms with Crippen molar-refractivity contribution in [3.63, 3.8) is 0 Å². The number of carbonyl (C=O) groups is 1. The smallest absolute Gasteiger partial charge is 0.224 e. The van der Waals surface area contributed by atoms with E-state index in [0.29, 0.717) is 6.42 Å². The zero-order valence-corrected chi connectivity index (χ0v) is 14.2. The van der Waals surface area contributed by atoms with Crippen molar-refractivity contribution in [1.29, 1.82) is 0 Å². The third kappa shape index (κ3) is 3.94. The lowest BCUT2D eigenvalue weighted by Gasteiger charge is -2.26. The van der Waals surface area contributed by atoms with E-state index in [4.69, 9.17) is 4.42 Å². The molecule has 1 N–H and O–H groups in total. The number of nitrogens with one attached hydrogen (secondary N) is 1. The average molecular weight is 314 g/mol. The first-order chi connectivity index (χ1) is 11.1. The summed E-state index contributed by atoms with van der Waals surface area (Å²) in [7, 11) is 0. The first-order valence-electron chi connectivity index (χ1n) is 8.60. The Kier molecular flexibility index (Phi) is 5.01. The predicted octanol–water partition coefficient (Wildman–Crippen LogP) is 3.19. The molecule has 1 aromatic heterocycles. The normalized spacial score (nSPS) is 15.9. The highest BCUT2D eigenvalue weighted by atomic mass is 16.3. The van der Waals surface area contributed by atoms with Crippen LogP contribution >= 0.6 is 0 Å². The maximum absolute atomic E-state index is 12.2. The molecule has 1 saturated heterocycles. The number of hydrogen-bond acceptors (Lipinski definition) is 3. The number of piperidine rings is 1. The summed E-state index contributed by atoms with van der Waals surface area (Å²) in [5.74, 6) is 0.0738. The fraction of sp³-hybridized carbons (Fsp3) is 0.526. The SMILES string of the molecule is Cc1cc(C)c2c(CC(=O)NCCN3CCCCC3)coc2c1. The Hall–Kier alpha value is -1.81. The molecule has 0 aliphatic carbocycles. The monoisotopic (exact) mass is 314 g/mol. The summed E-state index contributed by atoms with van der Waals surface area (Å²) in [5, 5.41) is 4.13. The molecule has 1 aliphatic rings. The number of rotatable bonds is 5. The van der Waals surface area contributed by atoms with Crippen LogP contribution in [-0.4, -0.2) is 37.0 Å². The number of carbonyl (C=O) groups excluding carboxylic acids is 1. The topological polar surface area (TPSA) is 45.5 Å². The molecular formula is C19H26N2O2. The number of hydrogen-bond donors (Lipinski definition) is 1. The van der Waals surface area contributed by atoms with Gasteiger partial charge in [-0.05, 0) is 57.0 Å². The molecule has 4 heteroatoms. The van der Waals surface area contributed by atoms with E-state index in [2.05, 4.69) is 30.1 Å². The van der Waals surface area contributed by atoms with Crippen LogP contribution in [0.15, 0.2) is 22.8 Å². The molecule has 0 spiro atoms. The van der Waals surface area contributed by atoms with Crippen LogP contribution in [0.2, 0.25) is 0 Å². The van der Waals surface area contributed by atoms with E-state index in [1.165, 1.54) is 43.5 Å². The molecule has 1 aromatic carbocycles. The maximum atomic E-state index is 12.2. The Labute approximate surface area is 137 Å². The van der Waals surface area contributed by atoms with E-state index in [0.717, 1.165) is 29.6 Å². The number of fused-ring (bicyclic) bond motifs is 1. The van der Waals surface area contributed by atoms with E-state index < -0.39 is 0 Å². The van der Waals surface area contributed by atoms with Gasteiger partial charge in [0.2, 0.25) is 5.91 Å². The Morgan fingerprint density at radius 1 is 1.22 bits per heavy atom. The molecule has 0 atom stereocenters. The molecule has 0 radical (unpaired) electrons. The van der Waals surface area contributed by atoms with Gasteiger partial charge in [-0.15, -0.1) is 0 Å². The fourth-order valence-electron chi connectivity index (χ4n) is 3.53. The van der Waals surface area contributed by atoms with Crippen molar-refractivity contribution in [1.82, 2.24) is 10.2 Å². The lowest BCUT2D eigenvalue weighted by atomic mass is 10.0. The highest BCUT2D eigenvalue weighted by Gasteiger charge is 2.14. The Bertz CT molecular complexity index is 684. The van der Waals surface area contributed by atoms with Crippen LogP contribution in [0.3, 0.4) is 0 Å². The first-order valence-corrected chi connectivity index (χ1v) is 8.60. The standard InChI is InChI=1S/C19H26N2O2/c1-14-10-15(2)19-16(13-23-17(19)11-14)12-18(22)20-6-9-21-7-4-3-5-8-21/h10-11,13H,3-9,12H2,1-2H3,(H,20,22). The highest BCUT2D eigenvalue weighted by molar-refractivity contribution is 5.90. The fourth-order valence-corrected chi connectivity index (χ4v) is 3.53. The third-order valence-corrected chi connectivity index (χ3v) is 4.64. The van der Waals surface area contributed by atoms with Crippen molar-refractivity contribution >= 4 is 16.9 Å². The Morgan fingerprint density at radius 2 is 2.00 bits per heavy atom. The second-order valence-corrected chi connectivity index (χ2v) is 6.64. The van der Waals surface area contributed by atoms with Crippen LogP contribution in [0.5, 0.6) is 0 Å². The Balaban J connectivity index is 1.55. The van der Waals surface area contributed by atoms with Crippen LogP contribution in [0.4, 0.5) is 0 Å². The van der Waals surface area contributed by atoms with Crippen molar-refractivity contribution < 1.29 is 9.21 Å². The number of benzene rings is 1. The molecule has 124 valence electrons. The van der Waals surface area contributed by atoms with Gasteiger partial charge in [-0.25, -0.2) is 0 Å². The summed E-state index contributed by atoms with van der Waals surface area (Å²) in [6, 6.07) is 4.16. The van der Waals surface area contributed by atoms with Crippen LogP contribution in [-0.2, 0) is 11.2 Å². The molecule has 0 bridgehead atoms.